The number of carbonyl (C=O) groups excluding carboxylic acids is 2. The molecule has 1 aliphatic heterocycles. The van der Waals surface area contributed by atoms with E-state index in [4.69, 9.17) is 4.74 Å². The van der Waals surface area contributed by atoms with Crippen LogP contribution in [0.3, 0.4) is 0 Å². The second-order valence-corrected chi connectivity index (χ2v) is 7.29. The Morgan fingerprint density at radius 3 is 2.80 bits per heavy atom. The van der Waals surface area contributed by atoms with Crippen LogP contribution >= 0.6 is 27.3 Å². The van der Waals surface area contributed by atoms with Gasteiger partial charge in [-0.25, -0.2) is 4.79 Å². The highest BCUT2D eigenvalue weighted by molar-refractivity contribution is 9.09. The van der Waals surface area contributed by atoms with E-state index in [1.165, 1.54) is 4.88 Å². The lowest BCUT2D eigenvalue weighted by atomic mass is 9.97. The Morgan fingerprint density at radius 1 is 1.50 bits per heavy atom. The molecule has 1 unspecified atom stereocenters. The smallest absolute Gasteiger partial charge is 0.411 e. The first-order valence-corrected chi connectivity index (χ1v) is 8.48. The van der Waals surface area contributed by atoms with Crippen LogP contribution in [0.1, 0.15) is 37.3 Å². The van der Waals surface area contributed by atoms with Crippen molar-refractivity contribution in [3.63, 3.8) is 0 Å². The molecule has 20 heavy (non-hydrogen) atoms. The number of thiophene rings is 1. The highest BCUT2D eigenvalue weighted by atomic mass is 79.9. The van der Waals surface area contributed by atoms with Gasteiger partial charge in [0.25, 0.3) is 0 Å². The van der Waals surface area contributed by atoms with Gasteiger partial charge in [0.15, 0.2) is 5.78 Å². The quantitative estimate of drug-likeness (QED) is 0.758. The van der Waals surface area contributed by atoms with Crippen LogP contribution in [0.4, 0.5) is 4.79 Å². The maximum atomic E-state index is 12.3. The largest absolute Gasteiger partial charge is 0.444 e. The molecular weight excluding hydrogens is 342 g/mol. The van der Waals surface area contributed by atoms with E-state index in [-0.39, 0.29) is 11.1 Å². The lowest BCUT2D eigenvalue weighted by Crippen LogP contribution is -2.45. The number of rotatable bonds is 2. The summed E-state index contributed by atoms with van der Waals surface area (Å²) in [7, 11) is 0. The van der Waals surface area contributed by atoms with Crippen LogP contribution in [0.25, 0.3) is 0 Å². The van der Waals surface area contributed by atoms with Crippen molar-refractivity contribution in [2.45, 2.75) is 38.8 Å². The molecule has 0 radical (unpaired) electrons. The topological polar surface area (TPSA) is 46.6 Å². The van der Waals surface area contributed by atoms with Gasteiger partial charge in [-0.2, -0.15) is 0 Å². The molecule has 0 saturated heterocycles. The molecule has 0 fully saturated rings. The van der Waals surface area contributed by atoms with Crippen LogP contribution in [0.5, 0.6) is 0 Å². The van der Waals surface area contributed by atoms with Gasteiger partial charge in [-0.3, -0.25) is 9.69 Å². The van der Waals surface area contributed by atoms with E-state index < -0.39 is 17.7 Å². The molecule has 0 spiro atoms. The molecule has 0 saturated carbocycles. The minimum absolute atomic E-state index is 0.0183. The summed E-state index contributed by atoms with van der Waals surface area (Å²) >= 11 is 4.84. The minimum Gasteiger partial charge on any atom is -0.444 e. The van der Waals surface area contributed by atoms with Crippen molar-refractivity contribution in [1.82, 2.24) is 4.90 Å². The first kappa shape index (κ1) is 15.5. The predicted octanol–water partition coefficient (Wildman–Crippen LogP) is 3.55. The Morgan fingerprint density at radius 2 is 2.20 bits per heavy atom. The Kier molecular flexibility index (Phi) is 4.54. The fraction of sp³-hybridized carbons (Fsp3) is 0.571. The lowest BCUT2D eigenvalue weighted by molar-refractivity contribution is -0.122. The van der Waals surface area contributed by atoms with Crippen molar-refractivity contribution in [3.05, 3.63) is 21.9 Å². The number of fused-ring (bicyclic) bond motifs is 1. The maximum absolute atomic E-state index is 12.3. The summed E-state index contributed by atoms with van der Waals surface area (Å²) in [5.74, 6) is -0.0183. The van der Waals surface area contributed by atoms with Crippen molar-refractivity contribution in [3.8, 4) is 0 Å². The molecule has 0 aromatic carbocycles. The molecule has 1 amide bonds. The normalized spacial score (nSPS) is 18.6. The second-order valence-electron chi connectivity index (χ2n) is 5.73. The molecule has 0 aliphatic carbocycles. The molecule has 2 heterocycles. The van der Waals surface area contributed by atoms with Gasteiger partial charge in [0.1, 0.15) is 11.6 Å². The third-order valence-electron chi connectivity index (χ3n) is 3.03. The number of halogens is 1. The highest BCUT2D eigenvalue weighted by Gasteiger charge is 2.37. The third-order valence-corrected chi connectivity index (χ3v) is 4.58. The summed E-state index contributed by atoms with van der Waals surface area (Å²) in [6.45, 7) is 6.00. The van der Waals surface area contributed by atoms with Crippen LogP contribution in [0, 0.1) is 0 Å². The summed E-state index contributed by atoms with van der Waals surface area (Å²) in [6.07, 6.45) is 0.354. The third kappa shape index (κ3) is 3.23. The SMILES string of the molecule is CC(C)(C)OC(=O)N1CCc2sccc2C1C(=O)CBr. The van der Waals surface area contributed by atoms with Crippen molar-refractivity contribution >= 4 is 39.1 Å². The summed E-state index contributed by atoms with van der Waals surface area (Å²) < 4.78 is 5.42. The molecule has 1 aromatic heterocycles. The van der Waals surface area contributed by atoms with Gasteiger partial charge in [-0.1, -0.05) is 15.9 Å². The number of ketones is 1. The number of Topliss-reactive ketones (excluding diaryl/α,β-unsaturated/α-hetero) is 1. The van der Waals surface area contributed by atoms with Gasteiger partial charge in [-0.05, 0) is 44.2 Å². The van der Waals surface area contributed by atoms with Gasteiger partial charge in [0.05, 0.1) is 5.33 Å². The molecule has 0 bridgehead atoms. The van der Waals surface area contributed by atoms with Crippen molar-refractivity contribution in [1.29, 1.82) is 0 Å². The number of nitrogens with zero attached hydrogens (tertiary/aromatic N) is 1. The first-order chi connectivity index (χ1) is 9.33. The van der Waals surface area contributed by atoms with Crippen LogP contribution in [0.2, 0.25) is 0 Å². The van der Waals surface area contributed by atoms with E-state index in [1.54, 1.807) is 16.2 Å². The molecule has 1 aromatic rings. The first-order valence-electron chi connectivity index (χ1n) is 6.48. The van der Waals surface area contributed by atoms with Crippen LogP contribution in [-0.2, 0) is 16.0 Å². The summed E-state index contributed by atoms with van der Waals surface area (Å²) in [4.78, 5) is 27.3. The standard InChI is InChI=1S/C14H18BrNO3S/c1-14(2,3)19-13(18)16-6-4-11-9(5-7-20-11)12(16)10(17)8-15/h5,7,12H,4,6,8H2,1-3H3. The summed E-state index contributed by atoms with van der Waals surface area (Å²) in [5.41, 5.74) is 0.380. The Bertz CT molecular complexity index is 521. The van der Waals surface area contributed by atoms with Gasteiger partial charge in [0, 0.05) is 11.4 Å². The van der Waals surface area contributed by atoms with Crippen molar-refractivity contribution < 1.29 is 14.3 Å². The van der Waals surface area contributed by atoms with E-state index in [1.807, 2.05) is 32.2 Å². The summed E-state index contributed by atoms with van der Waals surface area (Å²) in [5, 5.41) is 2.20. The molecular formula is C14H18BrNO3S. The highest BCUT2D eigenvalue weighted by Crippen LogP contribution is 2.35. The zero-order valence-corrected chi connectivity index (χ0v) is 14.2. The van der Waals surface area contributed by atoms with Gasteiger partial charge in [-0.15, -0.1) is 11.3 Å². The van der Waals surface area contributed by atoms with Crippen LogP contribution in [-0.4, -0.2) is 34.3 Å². The van der Waals surface area contributed by atoms with Crippen molar-refractivity contribution in [2.75, 3.05) is 11.9 Å². The Hall–Kier alpha value is -0.880. The lowest BCUT2D eigenvalue weighted by Gasteiger charge is -2.35. The number of carbonyl (C=O) groups is 2. The molecule has 1 atom stereocenters. The monoisotopic (exact) mass is 359 g/mol. The fourth-order valence-corrected chi connectivity index (χ4v) is 3.46. The number of hydrogen-bond acceptors (Lipinski definition) is 4. The number of hydrogen-bond donors (Lipinski definition) is 0. The second kappa shape index (κ2) is 5.85. The average molecular weight is 360 g/mol. The molecule has 0 N–H and O–H groups in total. The minimum atomic E-state index is -0.562. The van der Waals surface area contributed by atoms with Crippen LogP contribution < -0.4 is 0 Å². The van der Waals surface area contributed by atoms with Gasteiger partial charge >= 0.3 is 6.09 Å². The Balaban J connectivity index is 2.29. The zero-order valence-electron chi connectivity index (χ0n) is 11.8. The van der Waals surface area contributed by atoms with Gasteiger partial charge < -0.3 is 4.74 Å². The molecule has 110 valence electrons. The van der Waals surface area contributed by atoms with E-state index >= 15 is 0 Å². The van der Waals surface area contributed by atoms with Gasteiger partial charge in [0.2, 0.25) is 0 Å². The molecule has 6 heteroatoms. The zero-order chi connectivity index (χ0) is 14.9. The van der Waals surface area contributed by atoms with E-state index in [0.717, 1.165) is 12.0 Å². The molecule has 4 nitrogen and oxygen atoms in total. The number of ether oxygens (including phenoxy) is 1. The summed E-state index contributed by atoms with van der Waals surface area (Å²) in [6, 6.07) is 1.40. The van der Waals surface area contributed by atoms with Crippen molar-refractivity contribution in [2.24, 2.45) is 0 Å². The van der Waals surface area contributed by atoms with E-state index in [0.29, 0.717) is 6.54 Å². The Labute approximate surface area is 131 Å². The number of amides is 1. The molecule has 1 aliphatic rings. The average Bonchev–Trinajstić information content (AvgIpc) is 2.82. The van der Waals surface area contributed by atoms with Crippen LogP contribution in [0.15, 0.2) is 11.4 Å². The predicted molar refractivity (Wildman–Crippen MR) is 82.5 cm³/mol. The van der Waals surface area contributed by atoms with E-state index in [9.17, 15) is 9.59 Å². The number of alkyl halides is 1. The van der Waals surface area contributed by atoms with E-state index in [2.05, 4.69) is 15.9 Å². The fourth-order valence-electron chi connectivity index (χ4n) is 2.25. The molecule has 2 rings (SSSR count). The maximum Gasteiger partial charge on any atom is 0.411 e.